The van der Waals surface area contributed by atoms with Crippen molar-refractivity contribution < 1.29 is 14.5 Å². The molecule has 0 radical (unpaired) electrons. The monoisotopic (exact) mass is 480 g/mol. The number of aryl methyl sites for hydroxylation is 1. The maximum Gasteiger partial charge on any atom is 0.269 e. The SMILES string of the molecule is Cc1cc(I)ccc1NC(=O)CCC(=O)NN=Cc1ccc([N+](=O)[O-])cc1. The first kappa shape index (κ1) is 20.5. The number of carbonyl (C=O) groups is 2. The Morgan fingerprint density at radius 2 is 1.81 bits per heavy atom. The molecule has 0 saturated heterocycles. The molecule has 9 heteroatoms. The summed E-state index contributed by atoms with van der Waals surface area (Å²) in [6, 6.07) is 11.4. The number of carbonyl (C=O) groups excluding carboxylic acids is 2. The van der Waals surface area contributed by atoms with E-state index in [1.807, 2.05) is 25.1 Å². The summed E-state index contributed by atoms with van der Waals surface area (Å²) in [5, 5.41) is 17.1. The fourth-order valence-electron chi connectivity index (χ4n) is 2.12. The number of benzene rings is 2. The Kier molecular flexibility index (Phi) is 7.41. The molecule has 2 aromatic carbocycles. The van der Waals surface area contributed by atoms with E-state index < -0.39 is 10.8 Å². The predicted octanol–water partition coefficient (Wildman–Crippen LogP) is 3.38. The van der Waals surface area contributed by atoms with E-state index in [-0.39, 0.29) is 24.4 Å². The molecule has 0 bridgehead atoms. The molecule has 0 spiro atoms. The van der Waals surface area contributed by atoms with Crippen LogP contribution < -0.4 is 10.7 Å². The maximum absolute atomic E-state index is 11.9. The second-order valence-corrected chi connectivity index (χ2v) is 6.89. The molecule has 2 amide bonds. The van der Waals surface area contributed by atoms with Gasteiger partial charge < -0.3 is 5.32 Å². The van der Waals surface area contributed by atoms with Crippen LogP contribution in [0.15, 0.2) is 47.6 Å². The minimum atomic E-state index is -0.495. The highest BCUT2D eigenvalue weighted by Crippen LogP contribution is 2.18. The second-order valence-electron chi connectivity index (χ2n) is 5.65. The van der Waals surface area contributed by atoms with Crippen LogP contribution in [-0.2, 0) is 9.59 Å². The highest BCUT2D eigenvalue weighted by molar-refractivity contribution is 14.1. The molecule has 0 aliphatic carbocycles. The van der Waals surface area contributed by atoms with Crippen LogP contribution in [0, 0.1) is 20.6 Å². The number of amides is 2. The topological polar surface area (TPSA) is 114 Å². The van der Waals surface area contributed by atoms with Gasteiger partial charge in [-0.3, -0.25) is 19.7 Å². The minimum absolute atomic E-state index is 0.00709. The number of hydrogen-bond acceptors (Lipinski definition) is 5. The zero-order valence-electron chi connectivity index (χ0n) is 14.4. The van der Waals surface area contributed by atoms with E-state index in [9.17, 15) is 19.7 Å². The molecule has 2 aromatic rings. The highest BCUT2D eigenvalue weighted by atomic mass is 127. The normalized spacial score (nSPS) is 10.6. The Hall–Kier alpha value is -2.82. The first-order valence-corrected chi connectivity index (χ1v) is 9.05. The average Bonchev–Trinajstić information content (AvgIpc) is 2.63. The van der Waals surface area contributed by atoms with Crippen molar-refractivity contribution in [3.8, 4) is 0 Å². The summed E-state index contributed by atoms with van der Waals surface area (Å²) in [6.07, 6.45) is 1.40. The zero-order chi connectivity index (χ0) is 19.8. The summed E-state index contributed by atoms with van der Waals surface area (Å²) < 4.78 is 1.08. The number of hydrazone groups is 1. The third-order valence-electron chi connectivity index (χ3n) is 3.55. The number of halogens is 1. The Morgan fingerprint density at radius 1 is 1.15 bits per heavy atom. The molecule has 0 aliphatic heterocycles. The smallest absolute Gasteiger partial charge is 0.269 e. The van der Waals surface area contributed by atoms with Crippen molar-refractivity contribution in [3.63, 3.8) is 0 Å². The number of nitro groups is 1. The van der Waals surface area contributed by atoms with Crippen LogP contribution in [0.5, 0.6) is 0 Å². The van der Waals surface area contributed by atoms with Gasteiger partial charge in [0.25, 0.3) is 5.69 Å². The molecule has 27 heavy (non-hydrogen) atoms. The molecule has 0 heterocycles. The van der Waals surface area contributed by atoms with Crippen molar-refractivity contribution in [2.24, 2.45) is 5.10 Å². The summed E-state index contributed by atoms with van der Waals surface area (Å²) in [7, 11) is 0. The summed E-state index contributed by atoms with van der Waals surface area (Å²) in [5.41, 5.74) is 4.57. The number of rotatable bonds is 7. The number of hydrogen-bond donors (Lipinski definition) is 2. The van der Waals surface area contributed by atoms with Crippen molar-refractivity contribution in [2.75, 3.05) is 5.32 Å². The Labute approximate surface area is 169 Å². The lowest BCUT2D eigenvalue weighted by atomic mass is 10.2. The summed E-state index contributed by atoms with van der Waals surface area (Å²) in [6.45, 7) is 1.90. The van der Waals surface area contributed by atoms with Crippen LogP contribution in [-0.4, -0.2) is 23.0 Å². The third-order valence-corrected chi connectivity index (χ3v) is 4.22. The summed E-state index contributed by atoms with van der Waals surface area (Å²) >= 11 is 2.19. The first-order valence-electron chi connectivity index (χ1n) is 7.97. The lowest BCUT2D eigenvalue weighted by Crippen LogP contribution is -2.20. The first-order chi connectivity index (χ1) is 12.8. The Bertz CT molecular complexity index is 881. The number of nitrogens with zero attached hydrogens (tertiary/aromatic N) is 2. The second kappa shape index (κ2) is 9.76. The van der Waals surface area contributed by atoms with Gasteiger partial charge in [0.05, 0.1) is 11.1 Å². The van der Waals surface area contributed by atoms with E-state index in [2.05, 4.69) is 38.4 Å². The quantitative estimate of drug-likeness (QED) is 0.274. The zero-order valence-corrected chi connectivity index (χ0v) is 16.6. The lowest BCUT2D eigenvalue weighted by Gasteiger charge is -2.08. The average molecular weight is 480 g/mol. The van der Waals surface area contributed by atoms with E-state index in [1.165, 1.54) is 30.5 Å². The van der Waals surface area contributed by atoms with Gasteiger partial charge in [-0.15, -0.1) is 0 Å². The molecule has 2 rings (SSSR count). The summed E-state index contributed by atoms with van der Waals surface area (Å²) in [5.74, 6) is -0.656. The Morgan fingerprint density at radius 3 is 2.44 bits per heavy atom. The van der Waals surface area contributed by atoms with Crippen molar-refractivity contribution in [1.29, 1.82) is 0 Å². The van der Waals surface area contributed by atoms with E-state index in [0.717, 1.165) is 14.8 Å². The molecule has 2 N–H and O–H groups in total. The van der Waals surface area contributed by atoms with E-state index in [4.69, 9.17) is 0 Å². The van der Waals surface area contributed by atoms with E-state index >= 15 is 0 Å². The van der Waals surface area contributed by atoms with Crippen molar-refractivity contribution in [3.05, 3.63) is 67.3 Å². The largest absolute Gasteiger partial charge is 0.326 e. The van der Waals surface area contributed by atoms with Gasteiger partial charge in [0.2, 0.25) is 11.8 Å². The van der Waals surface area contributed by atoms with Crippen LogP contribution in [0.25, 0.3) is 0 Å². The van der Waals surface area contributed by atoms with Crippen LogP contribution in [0.3, 0.4) is 0 Å². The molecule has 0 fully saturated rings. The van der Waals surface area contributed by atoms with Gasteiger partial charge in [0.15, 0.2) is 0 Å². The molecule has 140 valence electrons. The third kappa shape index (κ3) is 6.77. The van der Waals surface area contributed by atoms with Gasteiger partial charge in [-0.25, -0.2) is 5.43 Å². The molecular formula is C18H17IN4O4. The fraction of sp³-hybridized carbons (Fsp3) is 0.167. The van der Waals surface area contributed by atoms with Crippen molar-refractivity contribution >= 4 is 52.0 Å². The van der Waals surface area contributed by atoms with Gasteiger partial charge in [-0.2, -0.15) is 5.10 Å². The van der Waals surface area contributed by atoms with E-state index in [1.54, 1.807) is 0 Å². The van der Waals surface area contributed by atoms with Crippen molar-refractivity contribution in [2.45, 2.75) is 19.8 Å². The minimum Gasteiger partial charge on any atom is -0.326 e. The van der Waals surface area contributed by atoms with Crippen LogP contribution in [0.4, 0.5) is 11.4 Å². The fourth-order valence-corrected chi connectivity index (χ4v) is 2.77. The van der Waals surface area contributed by atoms with Crippen LogP contribution in [0.1, 0.15) is 24.0 Å². The van der Waals surface area contributed by atoms with Crippen molar-refractivity contribution in [1.82, 2.24) is 5.43 Å². The number of anilines is 1. The molecule has 0 atom stereocenters. The van der Waals surface area contributed by atoms with Gasteiger partial charge in [0, 0.05) is 34.2 Å². The lowest BCUT2D eigenvalue weighted by molar-refractivity contribution is -0.384. The van der Waals surface area contributed by atoms with Crippen LogP contribution >= 0.6 is 22.6 Å². The maximum atomic E-state index is 11.9. The van der Waals surface area contributed by atoms with Gasteiger partial charge in [-0.05, 0) is 71.0 Å². The van der Waals surface area contributed by atoms with Gasteiger partial charge in [0.1, 0.15) is 0 Å². The molecular weight excluding hydrogens is 463 g/mol. The van der Waals surface area contributed by atoms with Crippen LogP contribution in [0.2, 0.25) is 0 Å². The molecule has 8 nitrogen and oxygen atoms in total. The van der Waals surface area contributed by atoms with E-state index in [0.29, 0.717) is 5.56 Å². The van der Waals surface area contributed by atoms with Gasteiger partial charge in [-0.1, -0.05) is 0 Å². The molecule has 0 aliphatic rings. The number of non-ortho nitro benzene ring substituents is 1. The summed E-state index contributed by atoms with van der Waals surface area (Å²) in [4.78, 5) is 33.8. The molecule has 0 aromatic heterocycles. The number of nitro benzene ring substituents is 1. The Balaban J connectivity index is 1.76. The standard InChI is InChI=1S/C18H17IN4O4/c1-12-10-14(19)4-7-16(12)21-17(24)8-9-18(25)22-20-11-13-2-5-15(6-3-13)23(26)27/h2-7,10-11H,8-9H2,1H3,(H,21,24)(H,22,25). The highest BCUT2D eigenvalue weighted by Gasteiger charge is 2.08. The number of nitrogens with one attached hydrogen (secondary N) is 2. The molecule has 0 saturated carbocycles. The predicted molar refractivity (Wildman–Crippen MR) is 111 cm³/mol. The van der Waals surface area contributed by atoms with Gasteiger partial charge >= 0.3 is 0 Å². The molecule has 0 unspecified atom stereocenters.